The van der Waals surface area contributed by atoms with Crippen LogP contribution in [-0.2, 0) is 10.3 Å². The molecule has 1 aromatic heterocycles. The Balaban J connectivity index is 2.30. The highest BCUT2D eigenvalue weighted by Crippen LogP contribution is 2.42. The summed E-state index contributed by atoms with van der Waals surface area (Å²) in [6.07, 6.45) is 5.19. The van der Waals surface area contributed by atoms with E-state index in [9.17, 15) is 0 Å². The van der Waals surface area contributed by atoms with E-state index in [1.807, 2.05) is 20.2 Å². The van der Waals surface area contributed by atoms with Gasteiger partial charge in [-0.3, -0.25) is 0 Å². The number of nitrogens with one attached hydrogen (secondary N) is 1. The van der Waals surface area contributed by atoms with Gasteiger partial charge < -0.3 is 10.1 Å². The Morgan fingerprint density at radius 2 is 2.18 bits per heavy atom. The van der Waals surface area contributed by atoms with Gasteiger partial charge in [0, 0.05) is 30.6 Å². The van der Waals surface area contributed by atoms with Crippen LogP contribution in [0.4, 0.5) is 0 Å². The molecule has 1 aromatic rings. The van der Waals surface area contributed by atoms with Crippen molar-refractivity contribution in [2.45, 2.75) is 44.8 Å². The molecule has 0 aliphatic heterocycles. The molecule has 0 aromatic carbocycles. The summed E-state index contributed by atoms with van der Waals surface area (Å²) in [7, 11) is 3.70. The zero-order valence-corrected chi connectivity index (χ0v) is 11.1. The summed E-state index contributed by atoms with van der Waals surface area (Å²) < 4.78 is 5.60. The molecule has 0 spiro atoms. The van der Waals surface area contributed by atoms with Gasteiger partial charge in [-0.1, -0.05) is 0 Å². The predicted octanol–water partition coefficient (Wildman–Crippen LogP) is 2.09. The Labute approximate surface area is 103 Å². The Hall–Kier alpha value is -1.00. The summed E-state index contributed by atoms with van der Waals surface area (Å²) in [4.78, 5) is 9.13. The summed E-state index contributed by atoms with van der Waals surface area (Å²) >= 11 is 0. The van der Waals surface area contributed by atoms with Gasteiger partial charge in [0.25, 0.3) is 0 Å². The number of aromatic nitrogens is 2. The van der Waals surface area contributed by atoms with Gasteiger partial charge in [0.15, 0.2) is 5.82 Å². The van der Waals surface area contributed by atoms with Crippen LogP contribution in [0.5, 0.6) is 0 Å². The summed E-state index contributed by atoms with van der Waals surface area (Å²) in [6, 6.07) is 0.281. The largest absolute Gasteiger partial charge is 0.370 e. The van der Waals surface area contributed by atoms with Crippen molar-refractivity contribution >= 4 is 0 Å². The fourth-order valence-corrected chi connectivity index (χ4v) is 2.29. The van der Waals surface area contributed by atoms with Gasteiger partial charge in [-0.15, -0.1) is 0 Å². The molecule has 1 N–H and O–H groups in total. The first kappa shape index (κ1) is 12.5. The Bertz CT molecular complexity index is 396. The van der Waals surface area contributed by atoms with Crippen molar-refractivity contribution in [1.29, 1.82) is 0 Å². The standard InChI is InChI=1S/C13H21N3O/c1-9(14-3)11-8-15-12(16-10(11)2)13(17-4)6-5-7-13/h8-9,14H,5-7H2,1-4H3. The van der Waals surface area contributed by atoms with E-state index in [1.54, 1.807) is 7.11 Å². The minimum Gasteiger partial charge on any atom is -0.370 e. The molecule has 1 aliphatic carbocycles. The lowest BCUT2D eigenvalue weighted by Gasteiger charge is -2.39. The highest BCUT2D eigenvalue weighted by atomic mass is 16.5. The first-order chi connectivity index (χ1) is 8.13. The Morgan fingerprint density at radius 3 is 2.59 bits per heavy atom. The van der Waals surface area contributed by atoms with Crippen LogP contribution in [0.3, 0.4) is 0 Å². The highest BCUT2D eigenvalue weighted by Gasteiger charge is 2.41. The molecule has 1 aliphatic rings. The zero-order valence-electron chi connectivity index (χ0n) is 11.1. The molecule has 1 saturated carbocycles. The van der Waals surface area contributed by atoms with Crippen LogP contribution in [-0.4, -0.2) is 24.1 Å². The van der Waals surface area contributed by atoms with Crippen LogP contribution >= 0.6 is 0 Å². The second kappa shape index (κ2) is 4.70. The summed E-state index contributed by atoms with van der Waals surface area (Å²) in [5, 5.41) is 3.21. The van der Waals surface area contributed by atoms with E-state index in [2.05, 4.69) is 22.2 Å². The average Bonchev–Trinajstić information content (AvgIpc) is 2.28. The molecule has 4 nitrogen and oxygen atoms in total. The number of hydrogen-bond acceptors (Lipinski definition) is 4. The Morgan fingerprint density at radius 1 is 1.47 bits per heavy atom. The monoisotopic (exact) mass is 235 g/mol. The van der Waals surface area contributed by atoms with Crippen molar-refractivity contribution in [3.05, 3.63) is 23.3 Å². The molecule has 1 heterocycles. The van der Waals surface area contributed by atoms with E-state index in [-0.39, 0.29) is 11.6 Å². The normalized spacial score (nSPS) is 19.8. The van der Waals surface area contributed by atoms with Gasteiger partial charge in [-0.05, 0) is 40.2 Å². The predicted molar refractivity (Wildman–Crippen MR) is 66.8 cm³/mol. The first-order valence-electron chi connectivity index (χ1n) is 6.19. The quantitative estimate of drug-likeness (QED) is 0.868. The molecule has 17 heavy (non-hydrogen) atoms. The molecule has 0 bridgehead atoms. The van der Waals surface area contributed by atoms with Crippen molar-refractivity contribution < 1.29 is 4.74 Å². The maximum absolute atomic E-state index is 5.60. The van der Waals surface area contributed by atoms with Crippen molar-refractivity contribution in [1.82, 2.24) is 15.3 Å². The molecule has 0 amide bonds. The number of methoxy groups -OCH3 is 1. The van der Waals surface area contributed by atoms with Crippen LogP contribution in [0.2, 0.25) is 0 Å². The van der Waals surface area contributed by atoms with Crippen molar-refractivity contribution in [3.8, 4) is 0 Å². The van der Waals surface area contributed by atoms with Gasteiger partial charge in [0.2, 0.25) is 0 Å². The fourth-order valence-electron chi connectivity index (χ4n) is 2.29. The minimum atomic E-state index is -0.216. The molecule has 0 saturated heterocycles. The molecule has 0 radical (unpaired) electrons. The third-order valence-corrected chi connectivity index (χ3v) is 3.88. The number of ether oxygens (including phenoxy) is 1. The fraction of sp³-hybridized carbons (Fsp3) is 0.692. The van der Waals surface area contributed by atoms with E-state index in [0.29, 0.717) is 0 Å². The molecule has 4 heteroatoms. The molecule has 1 atom stereocenters. The first-order valence-corrected chi connectivity index (χ1v) is 6.19. The van der Waals surface area contributed by atoms with Crippen LogP contribution in [0.1, 0.15) is 49.3 Å². The van der Waals surface area contributed by atoms with Gasteiger partial charge >= 0.3 is 0 Å². The van der Waals surface area contributed by atoms with E-state index in [4.69, 9.17) is 4.74 Å². The summed E-state index contributed by atoms with van der Waals surface area (Å²) in [5.41, 5.74) is 1.98. The summed E-state index contributed by atoms with van der Waals surface area (Å²) in [6.45, 7) is 4.15. The molecule has 1 unspecified atom stereocenters. The minimum absolute atomic E-state index is 0.216. The highest BCUT2D eigenvalue weighted by molar-refractivity contribution is 5.22. The Kier molecular flexibility index (Phi) is 3.45. The van der Waals surface area contributed by atoms with Crippen LogP contribution in [0.25, 0.3) is 0 Å². The lowest BCUT2D eigenvalue weighted by molar-refractivity contribution is -0.0848. The van der Waals surface area contributed by atoms with E-state index >= 15 is 0 Å². The number of nitrogens with zero attached hydrogens (tertiary/aromatic N) is 2. The molecule has 94 valence electrons. The van der Waals surface area contributed by atoms with E-state index < -0.39 is 0 Å². The van der Waals surface area contributed by atoms with E-state index in [1.165, 1.54) is 6.42 Å². The van der Waals surface area contributed by atoms with Gasteiger partial charge in [-0.2, -0.15) is 0 Å². The maximum atomic E-state index is 5.60. The van der Waals surface area contributed by atoms with Gasteiger partial charge in [0.1, 0.15) is 5.60 Å². The van der Waals surface area contributed by atoms with Crippen molar-refractivity contribution in [2.75, 3.05) is 14.2 Å². The molecule has 2 rings (SSSR count). The molecule has 1 fully saturated rings. The van der Waals surface area contributed by atoms with Gasteiger partial charge in [-0.25, -0.2) is 9.97 Å². The molecular formula is C13H21N3O. The molecular weight excluding hydrogens is 214 g/mol. The lowest BCUT2D eigenvalue weighted by atomic mass is 9.79. The summed E-state index contributed by atoms with van der Waals surface area (Å²) in [5.74, 6) is 0.843. The van der Waals surface area contributed by atoms with Crippen molar-refractivity contribution in [2.24, 2.45) is 0 Å². The third kappa shape index (κ3) is 2.07. The second-order valence-electron chi connectivity index (χ2n) is 4.80. The second-order valence-corrected chi connectivity index (χ2v) is 4.80. The van der Waals surface area contributed by atoms with Crippen LogP contribution < -0.4 is 5.32 Å². The van der Waals surface area contributed by atoms with Crippen molar-refractivity contribution in [3.63, 3.8) is 0 Å². The van der Waals surface area contributed by atoms with Gasteiger partial charge in [0.05, 0.1) is 0 Å². The topological polar surface area (TPSA) is 47.0 Å². The third-order valence-electron chi connectivity index (χ3n) is 3.88. The van der Waals surface area contributed by atoms with Crippen LogP contribution in [0.15, 0.2) is 6.20 Å². The lowest BCUT2D eigenvalue weighted by Crippen LogP contribution is -2.38. The zero-order chi connectivity index (χ0) is 12.5. The number of aryl methyl sites for hydroxylation is 1. The van der Waals surface area contributed by atoms with Crippen LogP contribution in [0, 0.1) is 6.92 Å². The van der Waals surface area contributed by atoms with E-state index in [0.717, 1.165) is 29.9 Å². The SMILES string of the molecule is CNC(C)c1cnc(C2(OC)CCC2)nc1C. The average molecular weight is 235 g/mol. The number of rotatable bonds is 4. The number of hydrogen-bond donors (Lipinski definition) is 1. The maximum Gasteiger partial charge on any atom is 0.160 e. The smallest absolute Gasteiger partial charge is 0.160 e.